The maximum absolute atomic E-state index is 6.17. The van der Waals surface area contributed by atoms with Gasteiger partial charge in [-0.2, -0.15) is 0 Å². The van der Waals surface area contributed by atoms with Crippen molar-refractivity contribution in [3.05, 3.63) is 0 Å². The molecule has 1 N–H and O–H groups in total. The molecular formula is C14H27NO2. The lowest BCUT2D eigenvalue weighted by molar-refractivity contribution is -0.171. The quantitative estimate of drug-likeness (QED) is 0.821. The Morgan fingerprint density at radius 2 is 1.88 bits per heavy atom. The van der Waals surface area contributed by atoms with E-state index in [9.17, 15) is 0 Å². The Hall–Kier alpha value is -0.120. The van der Waals surface area contributed by atoms with Gasteiger partial charge in [0.25, 0.3) is 0 Å². The highest BCUT2D eigenvalue weighted by Crippen LogP contribution is 2.39. The third kappa shape index (κ3) is 3.21. The summed E-state index contributed by atoms with van der Waals surface area (Å²) in [6.45, 7) is 8.61. The Morgan fingerprint density at radius 3 is 2.35 bits per heavy atom. The van der Waals surface area contributed by atoms with Gasteiger partial charge in [0.15, 0.2) is 0 Å². The molecule has 1 saturated heterocycles. The van der Waals surface area contributed by atoms with E-state index in [0.29, 0.717) is 23.7 Å². The lowest BCUT2D eigenvalue weighted by Crippen LogP contribution is -2.50. The maximum atomic E-state index is 6.17. The zero-order valence-electron chi connectivity index (χ0n) is 11.7. The fourth-order valence-electron chi connectivity index (χ4n) is 2.94. The van der Waals surface area contributed by atoms with E-state index in [0.717, 1.165) is 19.1 Å². The van der Waals surface area contributed by atoms with E-state index in [4.69, 9.17) is 9.47 Å². The van der Waals surface area contributed by atoms with E-state index < -0.39 is 0 Å². The molecule has 2 rings (SSSR count). The first-order chi connectivity index (χ1) is 8.00. The third-order valence-electron chi connectivity index (χ3n) is 4.36. The van der Waals surface area contributed by atoms with Crippen LogP contribution in [0.5, 0.6) is 0 Å². The molecule has 3 unspecified atom stereocenters. The molecule has 2 fully saturated rings. The van der Waals surface area contributed by atoms with Gasteiger partial charge in [0.2, 0.25) is 0 Å². The van der Waals surface area contributed by atoms with Gasteiger partial charge in [0.1, 0.15) is 6.10 Å². The molecule has 2 aliphatic rings. The molecule has 0 radical (unpaired) electrons. The minimum Gasteiger partial charge on any atom is -0.376 e. The van der Waals surface area contributed by atoms with Gasteiger partial charge in [-0.3, -0.25) is 0 Å². The predicted molar refractivity (Wildman–Crippen MR) is 69.1 cm³/mol. The van der Waals surface area contributed by atoms with Gasteiger partial charge in [0.05, 0.1) is 19.3 Å². The van der Waals surface area contributed by atoms with Crippen LogP contribution in [0.25, 0.3) is 0 Å². The largest absolute Gasteiger partial charge is 0.376 e. The van der Waals surface area contributed by atoms with Crippen molar-refractivity contribution in [1.82, 2.24) is 5.32 Å². The predicted octanol–water partition coefficient (Wildman–Crippen LogP) is 2.20. The molecule has 3 atom stereocenters. The SMILES string of the molecule is CNC1CCC(C(C)(C)C)CC1OC1COC1. The Kier molecular flexibility index (Phi) is 4.11. The number of hydrogen-bond donors (Lipinski definition) is 1. The zero-order valence-corrected chi connectivity index (χ0v) is 11.7. The zero-order chi connectivity index (χ0) is 12.5. The second-order valence-electron chi connectivity index (χ2n) is 6.61. The Bertz CT molecular complexity index is 245. The van der Waals surface area contributed by atoms with Crippen molar-refractivity contribution in [3.8, 4) is 0 Å². The smallest absolute Gasteiger partial charge is 0.105 e. The van der Waals surface area contributed by atoms with E-state index >= 15 is 0 Å². The Labute approximate surface area is 105 Å². The minimum atomic E-state index is 0.342. The van der Waals surface area contributed by atoms with Crippen LogP contribution >= 0.6 is 0 Å². The highest BCUT2D eigenvalue weighted by molar-refractivity contribution is 4.90. The molecular weight excluding hydrogens is 214 g/mol. The van der Waals surface area contributed by atoms with Gasteiger partial charge in [-0.15, -0.1) is 0 Å². The van der Waals surface area contributed by atoms with Crippen LogP contribution < -0.4 is 5.32 Å². The molecule has 3 heteroatoms. The standard InChI is InChI=1S/C14H27NO2/c1-14(2,3)10-5-6-12(15-4)13(7-10)17-11-8-16-9-11/h10-13,15H,5-9H2,1-4H3. The van der Waals surface area contributed by atoms with Crippen molar-refractivity contribution in [2.75, 3.05) is 20.3 Å². The molecule has 3 nitrogen and oxygen atoms in total. The Morgan fingerprint density at radius 1 is 1.18 bits per heavy atom. The number of rotatable bonds is 3. The van der Waals surface area contributed by atoms with Crippen LogP contribution in [-0.4, -0.2) is 38.5 Å². The number of nitrogens with one attached hydrogen (secondary N) is 1. The Balaban J connectivity index is 1.93. The monoisotopic (exact) mass is 241 g/mol. The maximum Gasteiger partial charge on any atom is 0.105 e. The molecule has 100 valence electrons. The van der Waals surface area contributed by atoms with Crippen LogP contribution in [0.15, 0.2) is 0 Å². The lowest BCUT2D eigenvalue weighted by atomic mass is 9.70. The van der Waals surface area contributed by atoms with E-state index in [-0.39, 0.29) is 0 Å². The van der Waals surface area contributed by atoms with Gasteiger partial charge in [0, 0.05) is 6.04 Å². The summed E-state index contributed by atoms with van der Waals surface area (Å²) in [5, 5.41) is 3.41. The summed E-state index contributed by atoms with van der Waals surface area (Å²) in [4.78, 5) is 0. The summed E-state index contributed by atoms with van der Waals surface area (Å²) in [6.07, 6.45) is 4.44. The number of hydrogen-bond acceptors (Lipinski definition) is 3. The van der Waals surface area contributed by atoms with Gasteiger partial charge in [-0.25, -0.2) is 0 Å². The first-order valence-corrected chi connectivity index (χ1v) is 6.91. The number of likely N-dealkylation sites (N-methyl/N-ethyl adjacent to an activating group) is 1. The third-order valence-corrected chi connectivity index (χ3v) is 4.36. The molecule has 1 aliphatic carbocycles. The summed E-state index contributed by atoms with van der Waals surface area (Å²) in [6, 6.07) is 0.522. The van der Waals surface area contributed by atoms with Gasteiger partial charge in [-0.05, 0) is 37.6 Å². The summed E-state index contributed by atoms with van der Waals surface area (Å²) in [7, 11) is 2.05. The molecule has 1 aliphatic heterocycles. The van der Waals surface area contributed by atoms with E-state index in [1.165, 1.54) is 19.3 Å². The molecule has 0 bridgehead atoms. The molecule has 0 aromatic heterocycles. The topological polar surface area (TPSA) is 30.5 Å². The van der Waals surface area contributed by atoms with Crippen LogP contribution in [0.1, 0.15) is 40.0 Å². The molecule has 1 saturated carbocycles. The number of ether oxygens (including phenoxy) is 2. The van der Waals surface area contributed by atoms with Crippen LogP contribution in [-0.2, 0) is 9.47 Å². The van der Waals surface area contributed by atoms with Crippen molar-refractivity contribution >= 4 is 0 Å². The highest BCUT2D eigenvalue weighted by atomic mass is 16.6. The molecule has 0 aromatic carbocycles. The van der Waals surface area contributed by atoms with Crippen LogP contribution in [0.3, 0.4) is 0 Å². The normalized spacial score (nSPS) is 35.6. The summed E-state index contributed by atoms with van der Waals surface area (Å²) in [5.74, 6) is 0.776. The van der Waals surface area contributed by atoms with Gasteiger partial charge in [-0.1, -0.05) is 20.8 Å². The average molecular weight is 241 g/mol. The molecule has 0 aromatic rings. The van der Waals surface area contributed by atoms with Crippen LogP contribution in [0, 0.1) is 11.3 Å². The van der Waals surface area contributed by atoms with Gasteiger partial charge >= 0.3 is 0 Å². The highest BCUT2D eigenvalue weighted by Gasteiger charge is 2.37. The van der Waals surface area contributed by atoms with E-state index in [1.54, 1.807) is 0 Å². The van der Waals surface area contributed by atoms with Crippen molar-refractivity contribution in [2.24, 2.45) is 11.3 Å². The lowest BCUT2D eigenvalue weighted by Gasteiger charge is -2.43. The fraction of sp³-hybridized carbons (Fsp3) is 1.00. The minimum absolute atomic E-state index is 0.342. The van der Waals surface area contributed by atoms with Crippen molar-refractivity contribution < 1.29 is 9.47 Å². The van der Waals surface area contributed by atoms with E-state index in [2.05, 4.69) is 33.1 Å². The van der Waals surface area contributed by atoms with Gasteiger partial charge < -0.3 is 14.8 Å². The summed E-state index contributed by atoms with van der Waals surface area (Å²) >= 11 is 0. The summed E-state index contributed by atoms with van der Waals surface area (Å²) in [5.41, 5.74) is 0.399. The molecule has 1 heterocycles. The molecule has 0 spiro atoms. The second kappa shape index (κ2) is 5.25. The molecule has 17 heavy (non-hydrogen) atoms. The van der Waals surface area contributed by atoms with Crippen molar-refractivity contribution in [3.63, 3.8) is 0 Å². The van der Waals surface area contributed by atoms with Crippen molar-refractivity contribution in [2.45, 2.75) is 58.3 Å². The fourth-order valence-corrected chi connectivity index (χ4v) is 2.94. The first kappa shape index (κ1) is 13.3. The summed E-state index contributed by atoms with van der Waals surface area (Å²) < 4.78 is 11.4. The molecule has 0 amide bonds. The van der Waals surface area contributed by atoms with Crippen molar-refractivity contribution in [1.29, 1.82) is 0 Å². The van der Waals surface area contributed by atoms with E-state index in [1.807, 2.05) is 0 Å². The second-order valence-corrected chi connectivity index (χ2v) is 6.61. The van der Waals surface area contributed by atoms with Crippen LogP contribution in [0.2, 0.25) is 0 Å². The average Bonchev–Trinajstić information content (AvgIpc) is 2.22. The first-order valence-electron chi connectivity index (χ1n) is 6.91. The van der Waals surface area contributed by atoms with Crippen LogP contribution in [0.4, 0.5) is 0 Å².